The quantitative estimate of drug-likeness (QED) is 0.736. The monoisotopic (exact) mass is 283 g/mol. The van der Waals surface area contributed by atoms with Crippen LogP contribution in [0, 0.1) is 11.8 Å². The molecule has 2 atom stereocenters. The van der Waals surface area contributed by atoms with Crippen molar-refractivity contribution in [1.29, 1.82) is 0 Å². The fourth-order valence-electron chi connectivity index (χ4n) is 2.88. The summed E-state index contributed by atoms with van der Waals surface area (Å²) in [6.07, 6.45) is 3.67. The van der Waals surface area contributed by atoms with E-state index in [9.17, 15) is 19.5 Å². The minimum Gasteiger partial charge on any atom is -0.481 e. The van der Waals surface area contributed by atoms with Crippen LogP contribution < -0.4 is 0 Å². The number of rotatable bonds is 6. The van der Waals surface area contributed by atoms with Crippen LogP contribution in [0.4, 0.5) is 0 Å². The van der Waals surface area contributed by atoms with Gasteiger partial charge >= 0.3 is 11.9 Å². The van der Waals surface area contributed by atoms with E-state index in [1.807, 2.05) is 0 Å². The van der Waals surface area contributed by atoms with E-state index >= 15 is 0 Å². The maximum atomic E-state index is 12.5. The standard InChI is InChI=1S/C14H21NO5/c1-2-20-12(16)8-15(9-6-7-9)13(17)10-4-3-5-11(10)14(18)19/h9-11H,2-8H2,1H3,(H,18,19)/t10-,11+/m1/s1. The van der Waals surface area contributed by atoms with Crippen molar-refractivity contribution in [2.75, 3.05) is 13.2 Å². The molecule has 6 heteroatoms. The molecule has 2 fully saturated rings. The molecule has 0 spiro atoms. The van der Waals surface area contributed by atoms with Gasteiger partial charge in [0.1, 0.15) is 6.54 Å². The molecule has 0 saturated heterocycles. The van der Waals surface area contributed by atoms with Crippen molar-refractivity contribution in [3.8, 4) is 0 Å². The normalized spacial score (nSPS) is 25.2. The summed E-state index contributed by atoms with van der Waals surface area (Å²) in [6.45, 7) is 1.95. The van der Waals surface area contributed by atoms with Gasteiger partial charge in [-0.2, -0.15) is 0 Å². The maximum Gasteiger partial charge on any atom is 0.325 e. The molecule has 2 rings (SSSR count). The van der Waals surface area contributed by atoms with Crippen molar-refractivity contribution in [3.63, 3.8) is 0 Å². The lowest BCUT2D eigenvalue weighted by Crippen LogP contribution is -2.43. The summed E-state index contributed by atoms with van der Waals surface area (Å²) in [7, 11) is 0. The van der Waals surface area contributed by atoms with Crippen LogP contribution in [-0.2, 0) is 19.1 Å². The molecular weight excluding hydrogens is 262 g/mol. The lowest BCUT2D eigenvalue weighted by Gasteiger charge is -2.26. The highest BCUT2D eigenvalue weighted by Crippen LogP contribution is 2.36. The molecule has 0 unspecified atom stereocenters. The van der Waals surface area contributed by atoms with Crippen LogP contribution in [0.5, 0.6) is 0 Å². The summed E-state index contributed by atoms with van der Waals surface area (Å²) < 4.78 is 4.89. The van der Waals surface area contributed by atoms with E-state index in [2.05, 4.69) is 0 Å². The zero-order valence-electron chi connectivity index (χ0n) is 11.7. The van der Waals surface area contributed by atoms with Crippen LogP contribution in [0.25, 0.3) is 0 Å². The summed E-state index contributed by atoms with van der Waals surface area (Å²) in [5.74, 6) is -2.61. The van der Waals surface area contributed by atoms with Gasteiger partial charge in [0, 0.05) is 6.04 Å². The molecule has 0 aromatic rings. The van der Waals surface area contributed by atoms with Crippen LogP contribution in [0.1, 0.15) is 39.0 Å². The van der Waals surface area contributed by atoms with Gasteiger partial charge in [0.2, 0.25) is 5.91 Å². The second kappa shape index (κ2) is 6.24. The van der Waals surface area contributed by atoms with Gasteiger partial charge in [0.05, 0.1) is 18.4 Å². The predicted octanol–water partition coefficient (Wildman–Crippen LogP) is 1.04. The molecule has 0 heterocycles. The Bertz CT molecular complexity index is 404. The summed E-state index contributed by atoms with van der Waals surface area (Å²) in [4.78, 5) is 36.8. The van der Waals surface area contributed by atoms with Crippen LogP contribution in [-0.4, -0.2) is 47.0 Å². The zero-order valence-corrected chi connectivity index (χ0v) is 11.7. The number of carbonyl (C=O) groups excluding carboxylic acids is 2. The Labute approximate surface area is 118 Å². The summed E-state index contributed by atoms with van der Waals surface area (Å²) in [5, 5.41) is 9.17. The highest BCUT2D eigenvalue weighted by molar-refractivity contribution is 5.88. The SMILES string of the molecule is CCOC(=O)CN(C(=O)[C@@H]1CCC[C@@H]1C(=O)O)C1CC1. The third kappa shape index (κ3) is 3.29. The van der Waals surface area contributed by atoms with Crippen molar-refractivity contribution in [3.05, 3.63) is 0 Å². The zero-order chi connectivity index (χ0) is 14.7. The predicted molar refractivity (Wildman–Crippen MR) is 69.8 cm³/mol. The Balaban J connectivity index is 2.03. The van der Waals surface area contributed by atoms with E-state index in [1.54, 1.807) is 6.92 Å². The number of esters is 1. The maximum absolute atomic E-state index is 12.5. The Hall–Kier alpha value is -1.59. The first kappa shape index (κ1) is 14.8. The van der Waals surface area contributed by atoms with E-state index in [4.69, 9.17) is 4.74 Å². The van der Waals surface area contributed by atoms with E-state index in [0.29, 0.717) is 12.8 Å². The van der Waals surface area contributed by atoms with Gasteiger partial charge in [-0.3, -0.25) is 14.4 Å². The van der Waals surface area contributed by atoms with Gasteiger partial charge in [0.25, 0.3) is 0 Å². The topological polar surface area (TPSA) is 83.9 Å². The van der Waals surface area contributed by atoms with Gasteiger partial charge < -0.3 is 14.7 Å². The Morgan fingerprint density at radius 2 is 1.80 bits per heavy atom. The molecule has 0 aromatic heterocycles. The molecule has 1 amide bonds. The molecule has 112 valence electrons. The molecule has 6 nitrogen and oxygen atoms in total. The smallest absolute Gasteiger partial charge is 0.325 e. The van der Waals surface area contributed by atoms with Crippen molar-refractivity contribution >= 4 is 17.8 Å². The lowest BCUT2D eigenvalue weighted by molar-refractivity contribution is -0.153. The molecular formula is C14H21NO5. The second-order valence-corrected chi connectivity index (χ2v) is 5.48. The number of carboxylic acid groups (broad SMARTS) is 1. The molecule has 0 aliphatic heterocycles. The van der Waals surface area contributed by atoms with Crippen molar-refractivity contribution in [2.24, 2.45) is 11.8 Å². The molecule has 20 heavy (non-hydrogen) atoms. The Kier molecular flexibility index (Phi) is 4.62. The van der Waals surface area contributed by atoms with Crippen molar-refractivity contribution in [2.45, 2.75) is 45.1 Å². The van der Waals surface area contributed by atoms with E-state index < -0.39 is 23.8 Å². The third-order valence-electron chi connectivity index (χ3n) is 4.03. The average molecular weight is 283 g/mol. The first-order valence-corrected chi connectivity index (χ1v) is 7.23. The lowest BCUT2D eigenvalue weighted by atomic mass is 9.94. The first-order valence-electron chi connectivity index (χ1n) is 7.23. The molecule has 2 aliphatic rings. The number of amides is 1. The number of carboxylic acids is 1. The van der Waals surface area contributed by atoms with Gasteiger partial charge in [-0.25, -0.2) is 0 Å². The van der Waals surface area contributed by atoms with Crippen LogP contribution in [0.2, 0.25) is 0 Å². The molecule has 2 aliphatic carbocycles. The molecule has 0 aromatic carbocycles. The van der Waals surface area contributed by atoms with Crippen LogP contribution in [0.15, 0.2) is 0 Å². The Morgan fingerprint density at radius 1 is 1.15 bits per heavy atom. The fraction of sp³-hybridized carbons (Fsp3) is 0.786. The van der Waals surface area contributed by atoms with E-state index in [1.165, 1.54) is 4.90 Å². The number of hydrogen-bond acceptors (Lipinski definition) is 4. The van der Waals surface area contributed by atoms with E-state index in [-0.39, 0.29) is 25.1 Å². The largest absolute Gasteiger partial charge is 0.481 e. The highest BCUT2D eigenvalue weighted by Gasteiger charge is 2.43. The number of carbonyl (C=O) groups is 3. The minimum absolute atomic E-state index is 0.0554. The number of ether oxygens (including phenoxy) is 1. The van der Waals surface area contributed by atoms with Gasteiger partial charge in [-0.05, 0) is 32.6 Å². The fourth-order valence-corrected chi connectivity index (χ4v) is 2.88. The number of aliphatic carboxylic acids is 1. The average Bonchev–Trinajstić information content (AvgIpc) is 3.11. The Morgan fingerprint density at radius 3 is 2.35 bits per heavy atom. The van der Waals surface area contributed by atoms with Gasteiger partial charge in [-0.15, -0.1) is 0 Å². The van der Waals surface area contributed by atoms with Gasteiger partial charge in [0.15, 0.2) is 0 Å². The number of nitrogens with zero attached hydrogens (tertiary/aromatic N) is 1. The first-order chi connectivity index (χ1) is 9.54. The second-order valence-electron chi connectivity index (χ2n) is 5.48. The van der Waals surface area contributed by atoms with Crippen molar-refractivity contribution in [1.82, 2.24) is 4.90 Å². The summed E-state index contributed by atoms with van der Waals surface area (Å²) in [5.41, 5.74) is 0. The summed E-state index contributed by atoms with van der Waals surface area (Å²) in [6, 6.07) is 0.0851. The van der Waals surface area contributed by atoms with Crippen LogP contribution >= 0.6 is 0 Å². The molecule has 0 radical (unpaired) electrons. The van der Waals surface area contributed by atoms with Gasteiger partial charge in [-0.1, -0.05) is 6.42 Å². The molecule has 2 saturated carbocycles. The highest BCUT2D eigenvalue weighted by atomic mass is 16.5. The minimum atomic E-state index is -0.910. The summed E-state index contributed by atoms with van der Waals surface area (Å²) >= 11 is 0. The molecule has 0 bridgehead atoms. The number of hydrogen-bond donors (Lipinski definition) is 1. The van der Waals surface area contributed by atoms with E-state index in [0.717, 1.165) is 19.3 Å². The third-order valence-corrected chi connectivity index (χ3v) is 4.03. The molecule has 1 N–H and O–H groups in total. The van der Waals surface area contributed by atoms with Crippen LogP contribution in [0.3, 0.4) is 0 Å². The van der Waals surface area contributed by atoms with Crippen molar-refractivity contribution < 1.29 is 24.2 Å².